The molecule has 196 valence electrons. The van der Waals surface area contributed by atoms with Crippen LogP contribution in [0.5, 0.6) is 5.75 Å². The fourth-order valence-corrected chi connectivity index (χ4v) is 5.89. The molecule has 2 N–H and O–H groups in total. The topological polar surface area (TPSA) is 108 Å². The van der Waals surface area contributed by atoms with E-state index in [1.807, 2.05) is 29.2 Å². The number of carbonyl (C=O) groups is 4. The standard InChI is InChI=1S/C27H38N4O5/c1-3-4-17-30-22(32)13-12-20(23(30)19-10-5-6-11-21(19)36-2)24(33)28-16-9-18-31-25(34)27(29-26(31)35)14-7-8-15-27/h5-6,10-11,20,23H,3-4,7-9,12-18H2,1-2H3,(H,28,33)(H,29,35). The third kappa shape index (κ3) is 5.06. The van der Waals surface area contributed by atoms with Crippen LogP contribution in [-0.2, 0) is 14.4 Å². The largest absolute Gasteiger partial charge is 0.496 e. The molecule has 0 bridgehead atoms. The van der Waals surface area contributed by atoms with Gasteiger partial charge in [-0.05, 0) is 38.2 Å². The third-order valence-electron chi connectivity index (χ3n) is 7.81. The zero-order chi connectivity index (χ0) is 25.7. The number of methoxy groups -OCH3 is 1. The first-order valence-corrected chi connectivity index (χ1v) is 13.3. The fourth-order valence-electron chi connectivity index (χ4n) is 5.89. The minimum absolute atomic E-state index is 0.0582. The first-order valence-electron chi connectivity index (χ1n) is 13.3. The number of hydrogen-bond acceptors (Lipinski definition) is 5. The van der Waals surface area contributed by atoms with Crippen LogP contribution in [-0.4, -0.2) is 65.8 Å². The van der Waals surface area contributed by atoms with Crippen LogP contribution < -0.4 is 15.4 Å². The van der Waals surface area contributed by atoms with Crippen molar-refractivity contribution in [2.45, 2.75) is 76.3 Å². The van der Waals surface area contributed by atoms with E-state index in [2.05, 4.69) is 17.6 Å². The molecule has 0 radical (unpaired) electrons. The van der Waals surface area contributed by atoms with Crippen molar-refractivity contribution < 1.29 is 23.9 Å². The lowest BCUT2D eigenvalue weighted by Gasteiger charge is -2.41. The lowest BCUT2D eigenvalue weighted by molar-refractivity contribution is -0.143. The average molecular weight is 499 g/mol. The molecule has 2 unspecified atom stereocenters. The van der Waals surface area contributed by atoms with Crippen LogP contribution in [0.2, 0.25) is 0 Å². The molecule has 1 saturated carbocycles. The highest BCUT2D eigenvalue weighted by atomic mass is 16.5. The van der Waals surface area contributed by atoms with Crippen LogP contribution in [0.1, 0.15) is 76.3 Å². The summed E-state index contributed by atoms with van der Waals surface area (Å²) in [5.41, 5.74) is 0.129. The van der Waals surface area contributed by atoms with Crippen LogP contribution in [0.25, 0.3) is 0 Å². The Labute approximate surface area is 212 Å². The minimum Gasteiger partial charge on any atom is -0.496 e. The monoisotopic (exact) mass is 498 g/mol. The summed E-state index contributed by atoms with van der Waals surface area (Å²) >= 11 is 0. The number of amides is 5. The highest BCUT2D eigenvalue weighted by molar-refractivity contribution is 6.07. The Morgan fingerprint density at radius 3 is 2.61 bits per heavy atom. The molecule has 1 aromatic rings. The molecular formula is C27H38N4O5. The maximum Gasteiger partial charge on any atom is 0.325 e. The molecule has 4 rings (SSSR count). The second kappa shape index (κ2) is 11.3. The molecule has 2 saturated heterocycles. The molecule has 1 aliphatic carbocycles. The molecule has 2 heterocycles. The second-order valence-corrected chi connectivity index (χ2v) is 10.1. The van der Waals surface area contributed by atoms with Crippen molar-refractivity contribution >= 4 is 23.8 Å². The number of benzene rings is 1. The summed E-state index contributed by atoms with van der Waals surface area (Å²) in [6.45, 7) is 3.29. The molecule has 1 aromatic carbocycles. The number of imide groups is 1. The summed E-state index contributed by atoms with van der Waals surface area (Å²) in [4.78, 5) is 54.6. The zero-order valence-electron chi connectivity index (χ0n) is 21.4. The van der Waals surface area contributed by atoms with Crippen LogP contribution in [0, 0.1) is 5.92 Å². The summed E-state index contributed by atoms with van der Waals surface area (Å²) in [6, 6.07) is 6.83. The maximum atomic E-state index is 13.4. The van der Waals surface area contributed by atoms with Gasteiger partial charge in [-0.25, -0.2) is 4.79 Å². The van der Waals surface area contributed by atoms with Gasteiger partial charge >= 0.3 is 6.03 Å². The highest BCUT2D eigenvalue weighted by Gasteiger charge is 2.52. The van der Waals surface area contributed by atoms with Crippen LogP contribution >= 0.6 is 0 Å². The summed E-state index contributed by atoms with van der Waals surface area (Å²) in [7, 11) is 1.60. The third-order valence-corrected chi connectivity index (χ3v) is 7.81. The van der Waals surface area contributed by atoms with Gasteiger partial charge in [0.05, 0.1) is 19.1 Å². The van der Waals surface area contributed by atoms with Crippen LogP contribution in [0.4, 0.5) is 4.79 Å². The number of ether oxygens (including phenoxy) is 1. The number of carbonyl (C=O) groups excluding carboxylic acids is 4. The van der Waals surface area contributed by atoms with E-state index in [4.69, 9.17) is 4.74 Å². The predicted molar refractivity (Wildman–Crippen MR) is 134 cm³/mol. The van der Waals surface area contributed by atoms with E-state index in [1.165, 1.54) is 4.90 Å². The highest BCUT2D eigenvalue weighted by Crippen LogP contribution is 2.41. The predicted octanol–water partition coefficient (Wildman–Crippen LogP) is 3.15. The Bertz CT molecular complexity index is 990. The van der Waals surface area contributed by atoms with Gasteiger partial charge in [-0.1, -0.05) is 44.4 Å². The summed E-state index contributed by atoms with van der Waals surface area (Å²) in [6.07, 6.45) is 6.37. The number of nitrogens with one attached hydrogen (secondary N) is 2. The van der Waals surface area contributed by atoms with E-state index in [1.54, 1.807) is 7.11 Å². The summed E-state index contributed by atoms with van der Waals surface area (Å²) < 4.78 is 5.58. The molecule has 3 fully saturated rings. The van der Waals surface area contributed by atoms with Gasteiger partial charge in [0.2, 0.25) is 11.8 Å². The smallest absolute Gasteiger partial charge is 0.325 e. The molecule has 0 aromatic heterocycles. The van der Waals surface area contributed by atoms with E-state index in [-0.39, 0.29) is 30.3 Å². The van der Waals surface area contributed by atoms with Crippen molar-refractivity contribution in [3.63, 3.8) is 0 Å². The first-order chi connectivity index (χ1) is 17.4. The summed E-state index contributed by atoms with van der Waals surface area (Å²) in [5, 5.41) is 5.90. The summed E-state index contributed by atoms with van der Waals surface area (Å²) in [5.74, 6) is 0.0577. The molecular weight excluding hydrogens is 460 g/mol. The number of piperidine rings is 1. The molecule has 3 aliphatic rings. The second-order valence-electron chi connectivity index (χ2n) is 10.1. The van der Waals surface area contributed by atoms with E-state index in [0.717, 1.165) is 31.2 Å². The van der Waals surface area contributed by atoms with Crippen LogP contribution in [0.15, 0.2) is 24.3 Å². The lowest BCUT2D eigenvalue weighted by atomic mass is 9.83. The van der Waals surface area contributed by atoms with Gasteiger partial charge in [0.1, 0.15) is 11.3 Å². The molecule has 5 amide bonds. The number of para-hydroxylation sites is 1. The van der Waals surface area contributed by atoms with Gasteiger partial charge < -0.3 is 20.3 Å². The van der Waals surface area contributed by atoms with Crippen molar-refractivity contribution in [2.75, 3.05) is 26.7 Å². The van der Waals surface area contributed by atoms with Crippen molar-refractivity contribution in [1.82, 2.24) is 20.4 Å². The Hall–Kier alpha value is -3.10. The Morgan fingerprint density at radius 1 is 1.14 bits per heavy atom. The SMILES string of the molecule is CCCCN1C(=O)CCC(C(=O)NCCCN2C(=O)NC3(CCCC3)C2=O)C1c1ccccc1OC. The van der Waals surface area contributed by atoms with E-state index < -0.39 is 17.5 Å². The quantitative estimate of drug-likeness (QED) is 0.381. The number of unbranched alkanes of at least 4 members (excludes halogenated alkanes) is 1. The van der Waals surface area contributed by atoms with Crippen LogP contribution in [0.3, 0.4) is 0 Å². The number of rotatable bonds is 10. The number of urea groups is 1. The molecule has 36 heavy (non-hydrogen) atoms. The molecule has 9 nitrogen and oxygen atoms in total. The van der Waals surface area contributed by atoms with Gasteiger partial charge in [0.15, 0.2) is 0 Å². The fraction of sp³-hybridized carbons (Fsp3) is 0.630. The van der Waals surface area contributed by atoms with Gasteiger partial charge in [-0.15, -0.1) is 0 Å². The number of hydrogen-bond donors (Lipinski definition) is 2. The van der Waals surface area contributed by atoms with Gasteiger partial charge in [-0.2, -0.15) is 0 Å². The van der Waals surface area contributed by atoms with E-state index >= 15 is 0 Å². The van der Waals surface area contributed by atoms with Gasteiger partial charge in [0, 0.05) is 31.6 Å². The first kappa shape index (κ1) is 26.0. The normalized spacial score (nSPS) is 23.3. The average Bonchev–Trinajstić information content (AvgIpc) is 3.45. The molecule has 9 heteroatoms. The Morgan fingerprint density at radius 2 is 1.89 bits per heavy atom. The van der Waals surface area contributed by atoms with Crippen molar-refractivity contribution in [3.05, 3.63) is 29.8 Å². The molecule has 1 spiro atoms. The molecule has 2 atom stereocenters. The van der Waals surface area contributed by atoms with E-state index in [0.29, 0.717) is 50.9 Å². The van der Waals surface area contributed by atoms with E-state index in [9.17, 15) is 19.2 Å². The lowest BCUT2D eigenvalue weighted by Crippen LogP contribution is -2.48. The Balaban J connectivity index is 1.41. The maximum absolute atomic E-state index is 13.4. The van der Waals surface area contributed by atoms with Crippen molar-refractivity contribution in [2.24, 2.45) is 5.92 Å². The minimum atomic E-state index is -0.709. The van der Waals surface area contributed by atoms with Gasteiger partial charge in [0.25, 0.3) is 5.91 Å². The van der Waals surface area contributed by atoms with Crippen molar-refractivity contribution in [1.29, 1.82) is 0 Å². The van der Waals surface area contributed by atoms with Gasteiger partial charge in [-0.3, -0.25) is 19.3 Å². The van der Waals surface area contributed by atoms with Crippen molar-refractivity contribution in [3.8, 4) is 5.75 Å². The number of likely N-dealkylation sites (tertiary alicyclic amines) is 1. The Kier molecular flexibility index (Phi) is 8.16. The molecule has 2 aliphatic heterocycles. The number of nitrogens with zero attached hydrogens (tertiary/aromatic N) is 2. The zero-order valence-corrected chi connectivity index (χ0v) is 21.4.